The number of nitrogens with zero attached hydrogens (tertiary/aromatic N) is 3. The number of aryl methyl sites for hydroxylation is 1. The highest BCUT2D eigenvalue weighted by Gasteiger charge is 2.23. The Kier molecular flexibility index (Phi) is 6.72. The second-order valence-corrected chi connectivity index (χ2v) is 10.6. The molecule has 0 spiro atoms. The number of thioether (sulfide) groups is 1. The van der Waals surface area contributed by atoms with Crippen LogP contribution in [0.5, 0.6) is 0 Å². The van der Waals surface area contributed by atoms with E-state index in [1.165, 1.54) is 34.4 Å². The average molecular weight is 460 g/mol. The van der Waals surface area contributed by atoms with E-state index in [1.807, 2.05) is 19.1 Å². The Labute approximate surface area is 186 Å². The van der Waals surface area contributed by atoms with Crippen LogP contribution in [0.2, 0.25) is 0 Å². The second kappa shape index (κ2) is 9.64. The third-order valence-corrected chi connectivity index (χ3v) is 8.09. The summed E-state index contributed by atoms with van der Waals surface area (Å²) >= 11 is 4.31. The highest BCUT2D eigenvalue weighted by atomic mass is 32.2. The van der Waals surface area contributed by atoms with E-state index in [1.54, 1.807) is 17.6 Å². The lowest BCUT2D eigenvalue weighted by Crippen LogP contribution is -2.22. The summed E-state index contributed by atoms with van der Waals surface area (Å²) < 4.78 is 5.99. The molecule has 0 saturated carbocycles. The van der Waals surface area contributed by atoms with Crippen LogP contribution in [-0.2, 0) is 24.2 Å². The molecule has 4 rings (SSSR count). The molecule has 10 heteroatoms. The van der Waals surface area contributed by atoms with E-state index < -0.39 is 0 Å². The van der Waals surface area contributed by atoms with Crippen LogP contribution in [0.3, 0.4) is 0 Å². The van der Waals surface area contributed by atoms with Gasteiger partial charge in [-0.2, -0.15) is 5.26 Å². The first kappa shape index (κ1) is 20.9. The molecule has 2 N–H and O–H groups in total. The lowest BCUT2D eigenvalue weighted by molar-refractivity contribution is -0.115. The second-order valence-electron chi connectivity index (χ2n) is 6.94. The number of anilines is 2. The number of furan rings is 1. The zero-order valence-corrected chi connectivity index (χ0v) is 18.9. The highest BCUT2D eigenvalue weighted by Crippen LogP contribution is 2.37. The Morgan fingerprint density at radius 1 is 1.33 bits per heavy atom. The Balaban J connectivity index is 1.36. The molecule has 1 amide bonds. The zero-order valence-electron chi connectivity index (χ0n) is 16.4. The van der Waals surface area contributed by atoms with Crippen LogP contribution in [0.1, 0.15) is 48.0 Å². The molecule has 156 valence electrons. The molecule has 3 aromatic heterocycles. The molecule has 1 aliphatic rings. The summed E-state index contributed by atoms with van der Waals surface area (Å²) in [7, 11) is 0. The number of hydrogen-bond acceptors (Lipinski definition) is 9. The van der Waals surface area contributed by atoms with Crippen molar-refractivity contribution in [2.24, 2.45) is 0 Å². The molecule has 0 fully saturated rings. The van der Waals surface area contributed by atoms with Gasteiger partial charge in [0.2, 0.25) is 11.0 Å². The molecule has 0 radical (unpaired) electrons. The van der Waals surface area contributed by atoms with Gasteiger partial charge >= 0.3 is 0 Å². The van der Waals surface area contributed by atoms with Crippen molar-refractivity contribution < 1.29 is 9.21 Å². The van der Waals surface area contributed by atoms with Crippen molar-refractivity contribution in [3.05, 3.63) is 40.2 Å². The molecular formula is C20H21N5O2S3. The fourth-order valence-corrected chi connectivity index (χ4v) is 6.41. The number of rotatable bonds is 7. The monoisotopic (exact) mass is 459 g/mol. The van der Waals surface area contributed by atoms with Gasteiger partial charge in [0.1, 0.15) is 16.8 Å². The molecule has 0 aliphatic heterocycles. The molecule has 0 saturated heterocycles. The minimum atomic E-state index is -0.357. The van der Waals surface area contributed by atoms with E-state index in [0.29, 0.717) is 26.6 Å². The van der Waals surface area contributed by atoms with Crippen LogP contribution in [0.4, 0.5) is 10.1 Å². The van der Waals surface area contributed by atoms with Gasteiger partial charge in [0.05, 0.1) is 23.6 Å². The number of thiophene rings is 1. The van der Waals surface area contributed by atoms with E-state index in [2.05, 4.69) is 26.9 Å². The first-order valence-corrected chi connectivity index (χ1v) is 12.3. The van der Waals surface area contributed by atoms with Gasteiger partial charge in [-0.1, -0.05) is 29.5 Å². The number of carbonyl (C=O) groups excluding carboxylic acids is 1. The number of carbonyl (C=O) groups is 1. The summed E-state index contributed by atoms with van der Waals surface area (Å²) in [5, 5.41) is 25.0. The molecule has 0 unspecified atom stereocenters. The number of amides is 1. The molecule has 1 aliphatic carbocycles. The molecule has 0 aromatic carbocycles. The van der Waals surface area contributed by atoms with E-state index >= 15 is 0 Å². The maximum Gasteiger partial charge on any atom is 0.238 e. The number of aromatic nitrogens is 2. The Bertz CT molecular complexity index is 1050. The van der Waals surface area contributed by atoms with Gasteiger partial charge < -0.3 is 15.1 Å². The minimum Gasteiger partial charge on any atom is -0.467 e. The maximum absolute atomic E-state index is 12.7. The van der Waals surface area contributed by atoms with Gasteiger partial charge in [-0.05, 0) is 50.3 Å². The van der Waals surface area contributed by atoms with Crippen LogP contribution in [0, 0.1) is 11.3 Å². The fraction of sp³-hybridized carbons (Fsp3) is 0.400. The summed E-state index contributed by atoms with van der Waals surface area (Å²) in [6.45, 7) is 2.37. The number of nitrogens with one attached hydrogen (secondary N) is 2. The lowest BCUT2D eigenvalue weighted by atomic mass is 10.1. The molecule has 30 heavy (non-hydrogen) atoms. The van der Waals surface area contributed by atoms with Gasteiger partial charge in [-0.25, -0.2) is 0 Å². The summed E-state index contributed by atoms with van der Waals surface area (Å²) in [6, 6.07) is 6.03. The lowest BCUT2D eigenvalue weighted by Gasteiger charge is -2.09. The third kappa shape index (κ3) is 4.86. The summed E-state index contributed by atoms with van der Waals surface area (Å²) in [5.74, 6) is 0.683. The number of nitriles is 1. The molecule has 3 heterocycles. The van der Waals surface area contributed by atoms with Crippen molar-refractivity contribution in [3.8, 4) is 6.07 Å². The van der Waals surface area contributed by atoms with Crippen molar-refractivity contribution in [1.82, 2.24) is 10.2 Å². The van der Waals surface area contributed by atoms with Crippen LogP contribution in [0.15, 0.2) is 27.2 Å². The van der Waals surface area contributed by atoms with Crippen LogP contribution in [0.25, 0.3) is 0 Å². The first-order valence-electron chi connectivity index (χ1n) is 9.76. The summed E-state index contributed by atoms with van der Waals surface area (Å²) in [5.41, 5.74) is 1.77. The predicted molar refractivity (Wildman–Crippen MR) is 120 cm³/mol. The summed E-state index contributed by atoms with van der Waals surface area (Å²) in [4.78, 5) is 14.0. The van der Waals surface area contributed by atoms with E-state index in [0.717, 1.165) is 37.0 Å². The molecule has 3 aromatic rings. The van der Waals surface area contributed by atoms with Gasteiger partial charge in [0, 0.05) is 4.88 Å². The zero-order chi connectivity index (χ0) is 20.9. The molecule has 1 atom stereocenters. The largest absolute Gasteiger partial charge is 0.467 e. The smallest absolute Gasteiger partial charge is 0.238 e. The number of fused-ring (bicyclic) bond motifs is 1. The van der Waals surface area contributed by atoms with Crippen LogP contribution >= 0.6 is 34.4 Å². The van der Waals surface area contributed by atoms with E-state index in [-0.39, 0.29) is 11.2 Å². The molecular weight excluding hydrogens is 438 g/mol. The molecule has 0 bridgehead atoms. The standard InChI is InChI=1S/C20H21N5O2S3/c1-12(28-20-25-24-19(30-20)22-11-13-6-5-9-27-13)17(26)23-18-15(10-21)14-7-3-2-4-8-16(14)29-18/h5-6,9,12H,2-4,7-8,11H2,1H3,(H,22,24)(H,23,26)/t12-/m1/s1. The Morgan fingerprint density at radius 3 is 3.00 bits per heavy atom. The maximum atomic E-state index is 12.7. The Morgan fingerprint density at radius 2 is 2.20 bits per heavy atom. The molecule has 7 nitrogen and oxygen atoms in total. The quantitative estimate of drug-likeness (QED) is 0.376. The van der Waals surface area contributed by atoms with Crippen molar-refractivity contribution in [2.75, 3.05) is 10.6 Å². The van der Waals surface area contributed by atoms with Gasteiger partial charge in [0.25, 0.3) is 0 Å². The van der Waals surface area contributed by atoms with Gasteiger partial charge in [-0.15, -0.1) is 21.5 Å². The minimum absolute atomic E-state index is 0.131. The van der Waals surface area contributed by atoms with Crippen molar-refractivity contribution in [2.45, 2.75) is 55.2 Å². The number of hydrogen-bond donors (Lipinski definition) is 2. The van der Waals surface area contributed by atoms with Crippen molar-refractivity contribution >= 4 is 50.5 Å². The third-order valence-electron chi connectivity index (χ3n) is 4.82. The van der Waals surface area contributed by atoms with Gasteiger partial charge in [0.15, 0.2) is 4.34 Å². The van der Waals surface area contributed by atoms with Gasteiger partial charge in [-0.3, -0.25) is 4.79 Å². The van der Waals surface area contributed by atoms with Crippen molar-refractivity contribution in [3.63, 3.8) is 0 Å². The predicted octanol–water partition coefficient (Wildman–Crippen LogP) is 5.06. The Hall–Kier alpha value is -2.35. The highest BCUT2D eigenvalue weighted by molar-refractivity contribution is 8.02. The van der Waals surface area contributed by atoms with Crippen LogP contribution < -0.4 is 10.6 Å². The van der Waals surface area contributed by atoms with E-state index in [9.17, 15) is 10.1 Å². The fourth-order valence-electron chi connectivity index (χ4n) is 3.27. The normalized spacial score (nSPS) is 14.4. The summed E-state index contributed by atoms with van der Waals surface area (Å²) in [6.07, 6.45) is 6.99. The topological polar surface area (TPSA) is 104 Å². The van der Waals surface area contributed by atoms with E-state index in [4.69, 9.17) is 4.42 Å². The van der Waals surface area contributed by atoms with Crippen molar-refractivity contribution in [1.29, 1.82) is 5.26 Å². The first-order chi connectivity index (χ1) is 14.6. The van der Waals surface area contributed by atoms with Crippen LogP contribution in [-0.4, -0.2) is 21.4 Å². The average Bonchev–Trinajstić information content (AvgIpc) is 3.44. The SMILES string of the molecule is C[C@@H](Sc1nnc(NCc2ccco2)s1)C(=O)Nc1sc2c(c1C#N)CCCCC2.